The summed E-state index contributed by atoms with van der Waals surface area (Å²) < 4.78 is 7.56. The van der Waals surface area contributed by atoms with Crippen LogP contribution in [0.25, 0.3) is 11.1 Å². The number of oxazole rings is 1. The fourth-order valence-corrected chi connectivity index (χ4v) is 2.30. The first-order chi connectivity index (χ1) is 8.15. The topological polar surface area (TPSA) is 22.5 Å². The predicted molar refractivity (Wildman–Crippen MR) is 72.1 cm³/mol. The van der Waals surface area contributed by atoms with E-state index in [4.69, 9.17) is 28.2 Å². The Morgan fingerprint density at radius 3 is 2.71 bits per heavy atom. The van der Waals surface area contributed by atoms with Gasteiger partial charge in [0.1, 0.15) is 0 Å². The molecule has 0 saturated heterocycles. The highest BCUT2D eigenvalue weighted by atomic mass is 35.5. The molecule has 0 aliphatic carbocycles. The number of nitrogens with zero attached hydrogens (tertiary/aromatic N) is 1. The lowest BCUT2D eigenvalue weighted by Crippen LogP contribution is -3.10. The summed E-state index contributed by atoms with van der Waals surface area (Å²) in [6, 6.07) is 5.58. The Bertz CT molecular complexity index is 571. The maximum Gasteiger partial charge on any atom is 0.274 e. The van der Waals surface area contributed by atoms with Gasteiger partial charge in [-0.25, -0.2) is 0 Å². The molecule has 2 aromatic rings. The monoisotopic (exact) mass is 271 g/mol. The molecule has 1 heterocycles. The zero-order valence-corrected chi connectivity index (χ0v) is 11.6. The largest absolute Gasteiger partial charge is 0.429 e. The Morgan fingerprint density at radius 2 is 2.06 bits per heavy atom. The Morgan fingerprint density at radius 1 is 1.35 bits per heavy atom. The molecule has 0 saturated carbocycles. The molecule has 0 spiro atoms. The Balaban J connectivity index is 2.48. The van der Waals surface area contributed by atoms with Gasteiger partial charge >= 0.3 is 0 Å². The minimum Gasteiger partial charge on any atom is -0.429 e. The van der Waals surface area contributed by atoms with E-state index in [0.717, 1.165) is 30.9 Å². The first kappa shape index (κ1) is 12.6. The Kier molecular flexibility index (Phi) is 3.86. The highest BCUT2D eigenvalue weighted by molar-refractivity contribution is 7.71. The number of benzene rings is 1. The minimum atomic E-state index is 0.515. The van der Waals surface area contributed by atoms with Crippen LogP contribution in [0.4, 0.5) is 0 Å². The molecule has 1 aromatic carbocycles. The molecule has 92 valence electrons. The molecular formula is C12H16ClN2OS+. The lowest BCUT2D eigenvalue weighted by atomic mass is 10.3. The average molecular weight is 272 g/mol. The van der Waals surface area contributed by atoms with E-state index in [1.54, 1.807) is 0 Å². The van der Waals surface area contributed by atoms with Crippen molar-refractivity contribution in [3.05, 3.63) is 28.1 Å². The van der Waals surface area contributed by atoms with Crippen LogP contribution in [-0.4, -0.2) is 17.7 Å². The fraction of sp³-hybridized carbons (Fsp3) is 0.417. The maximum atomic E-state index is 6.01. The number of quaternary nitrogens is 1. The summed E-state index contributed by atoms with van der Waals surface area (Å²) >= 11 is 11.3. The quantitative estimate of drug-likeness (QED) is 0.864. The van der Waals surface area contributed by atoms with E-state index in [1.165, 1.54) is 4.90 Å². The van der Waals surface area contributed by atoms with Gasteiger partial charge in [0, 0.05) is 5.02 Å². The lowest BCUT2D eigenvalue weighted by molar-refractivity contribution is -0.919. The van der Waals surface area contributed by atoms with Crippen molar-refractivity contribution in [3.63, 3.8) is 0 Å². The van der Waals surface area contributed by atoms with Crippen LogP contribution < -0.4 is 4.90 Å². The molecule has 1 N–H and O–H groups in total. The molecule has 0 aliphatic heterocycles. The van der Waals surface area contributed by atoms with Crippen LogP contribution in [0.2, 0.25) is 5.02 Å². The second-order valence-corrected chi connectivity index (χ2v) is 4.81. The third kappa shape index (κ3) is 2.54. The number of rotatable bonds is 4. The van der Waals surface area contributed by atoms with Gasteiger partial charge < -0.3 is 9.32 Å². The summed E-state index contributed by atoms with van der Waals surface area (Å²) in [4.78, 5) is 1.96. The zero-order chi connectivity index (χ0) is 12.4. The molecule has 0 bridgehead atoms. The standard InChI is InChI=1S/C12H15ClN2OS/c1-3-14(4-2)8-15-10-7-9(13)5-6-11(10)16-12(15)17/h5-7H,3-4,8H2,1-2H3/p+1. The predicted octanol–water partition coefficient (Wildman–Crippen LogP) is 2.50. The molecule has 0 radical (unpaired) electrons. The Hall–Kier alpha value is -0.840. The van der Waals surface area contributed by atoms with Crippen LogP contribution in [0.3, 0.4) is 0 Å². The third-order valence-corrected chi connectivity index (χ3v) is 3.55. The first-order valence-electron chi connectivity index (χ1n) is 5.78. The SMILES string of the molecule is CC[NH+](CC)Cn1c(=S)oc2ccc(Cl)cc21. The van der Waals surface area contributed by atoms with E-state index in [2.05, 4.69) is 13.8 Å². The smallest absolute Gasteiger partial charge is 0.274 e. The van der Waals surface area contributed by atoms with Gasteiger partial charge in [-0.15, -0.1) is 0 Å². The number of halogens is 1. The van der Waals surface area contributed by atoms with Crippen molar-refractivity contribution in [1.82, 2.24) is 4.57 Å². The minimum absolute atomic E-state index is 0.515. The summed E-state index contributed by atoms with van der Waals surface area (Å²) in [7, 11) is 0. The van der Waals surface area contributed by atoms with Crippen molar-refractivity contribution in [2.24, 2.45) is 0 Å². The Labute approximate surface area is 111 Å². The van der Waals surface area contributed by atoms with Gasteiger partial charge in [-0.05, 0) is 44.3 Å². The maximum absolute atomic E-state index is 6.01. The molecule has 0 aliphatic rings. The first-order valence-corrected chi connectivity index (χ1v) is 6.56. The molecule has 0 fully saturated rings. The molecule has 2 rings (SSSR count). The number of fused-ring (bicyclic) bond motifs is 1. The summed E-state index contributed by atoms with van der Waals surface area (Å²) in [5.41, 5.74) is 1.77. The van der Waals surface area contributed by atoms with Crippen LogP contribution in [-0.2, 0) is 6.67 Å². The molecule has 3 nitrogen and oxygen atoms in total. The second-order valence-electron chi connectivity index (χ2n) is 4.02. The average Bonchev–Trinajstić information content (AvgIpc) is 2.62. The number of aromatic nitrogens is 1. The van der Waals surface area contributed by atoms with Gasteiger partial charge in [-0.2, -0.15) is 0 Å². The molecule has 0 amide bonds. The molecule has 17 heavy (non-hydrogen) atoms. The second kappa shape index (κ2) is 5.21. The van der Waals surface area contributed by atoms with Gasteiger partial charge in [0.05, 0.1) is 18.6 Å². The van der Waals surface area contributed by atoms with E-state index in [9.17, 15) is 0 Å². The van der Waals surface area contributed by atoms with Crippen LogP contribution in [0.15, 0.2) is 22.6 Å². The molecule has 0 unspecified atom stereocenters. The zero-order valence-electron chi connectivity index (χ0n) is 10.00. The van der Waals surface area contributed by atoms with E-state index in [0.29, 0.717) is 9.86 Å². The molecule has 5 heteroatoms. The fourth-order valence-electron chi connectivity index (χ4n) is 1.88. The number of hydrogen-bond acceptors (Lipinski definition) is 2. The van der Waals surface area contributed by atoms with Gasteiger partial charge in [0.25, 0.3) is 4.84 Å². The third-order valence-electron chi connectivity index (χ3n) is 3.01. The van der Waals surface area contributed by atoms with Crippen LogP contribution in [0.5, 0.6) is 0 Å². The number of nitrogens with one attached hydrogen (secondary N) is 1. The summed E-state index contributed by atoms with van der Waals surface area (Å²) in [6.07, 6.45) is 0. The lowest BCUT2D eigenvalue weighted by Gasteiger charge is -2.15. The van der Waals surface area contributed by atoms with Crippen LogP contribution in [0.1, 0.15) is 13.8 Å². The highest BCUT2D eigenvalue weighted by Crippen LogP contribution is 2.21. The van der Waals surface area contributed by atoms with E-state index in [-0.39, 0.29) is 0 Å². The van der Waals surface area contributed by atoms with Crippen molar-refractivity contribution in [1.29, 1.82) is 0 Å². The van der Waals surface area contributed by atoms with Gasteiger partial charge in [0.15, 0.2) is 12.3 Å². The van der Waals surface area contributed by atoms with Crippen molar-refractivity contribution in [2.45, 2.75) is 20.5 Å². The number of hydrogen-bond donors (Lipinski definition) is 1. The van der Waals surface area contributed by atoms with E-state index < -0.39 is 0 Å². The van der Waals surface area contributed by atoms with E-state index in [1.807, 2.05) is 22.8 Å². The normalized spacial score (nSPS) is 11.5. The van der Waals surface area contributed by atoms with Crippen LogP contribution in [0, 0.1) is 4.84 Å². The van der Waals surface area contributed by atoms with Gasteiger partial charge in [0.2, 0.25) is 0 Å². The highest BCUT2D eigenvalue weighted by Gasteiger charge is 2.11. The molecule has 1 aromatic heterocycles. The van der Waals surface area contributed by atoms with Crippen molar-refractivity contribution < 1.29 is 9.32 Å². The molecule has 0 atom stereocenters. The van der Waals surface area contributed by atoms with E-state index >= 15 is 0 Å². The van der Waals surface area contributed by atoms with Gasteiger partial charge in [-0.3, -0.25) is 4.57 Å². The van der Waals surface area contributed by atoms with Crippen LogP contribution >= 0.6 is 23.8 Å². The molecular weight excluding hydrogens is 256 g/mol. The van der Waals surface area contributed by atoms with Crippen molar-refractivity contribution in [2.75, 3.05) is 13.1 Å². The summed E-state index contributed by atoms with van der Waals surface area (Å²) in [6.45, 7) is 7.27. The summed E-state index contributed by atoms with van der Waals surface area (Å²) in [5.74, 6) is 0. The summed E-state index contributed by atoms with van der Waals surface area (Å²) in [5, 5.41) is 0.705. The van der Waals surface area contributed by atoms with Crippen molar-refractivity contribution >= 4 is 34.9 Å². The van der Waals surface area contributed by atoms with Crippen molar-refractivity contribution in [3.8, 4) is 0 Å². The van der Waals surface area contributed by atoms with Gasteiger partial charge in [-0.1, -0.05) is 11.6 Å².